The number of rotatable bonds is 3. The van der Waals surface area contributed by atoms with Crippen molar-refractivity contribution in [2.24, 2.45) is 0 Å². The topological polar surface area (TPSA) is 59.5 Å². The van der Waals surface area contributed by atoms with Gasteiger partial charge in [0.15, 0.2) is 11.3 Å². The summed E-state index contributed by atoms with van der Waals surface area (Å²) < 4.78 is 24.7. The van der Waals surface area contributed by atoms with Crippen molar-refractivity contribution >= 4 is 17.0 Å². The van der Waals surface area contributed by atoms with Gasteiger partial charge in [0.05, 0.1) is 6.26 Å². The number of benzene rings is 2. The van der Waals surface area contributed by atoms with Crippen molar-refractivity contribution in [3.63, 3.8) is 0 Å². The third-order valence-electron chi connectivity index (χ3n) is 5.09. The monoisotopic (exact) mass is 376 g/mol. The smallest absolute Gasteiger partial charge is 0.290 e. The van der Waals surface area contributed by atoms with Crippen molar-refractivity contribution in [3.8, 4) is 11.1 Å². The molecule has 1 amide bonds. The molecule has 6 heteroatoms. The minimum atomic E-state index is -0.281. The van der Waals surface area contributed by atoms with Gasteiger partial charge in [-0.05, 0) is 60.4 Å². The fraction of sp³-hybridized carbons (Fsp3) is 0.182. The van der Waals surface area contributed by atoms with Gasteiger partial charge in [-0.15, -0.1) is 0 Å². The van der Waals surface area contributed by atoms with Gasteiger partial charge in [0.25, 0.3) is 5.91 Å². The number of nitrogens with zero attached hydrogens (tertiary/aromatic N) is 2. The number of oxazole rings is 1. The number of amides is 1. The van der Waals surface area contributed by atoms with Crippen molar-refractivity contribution in [1.82, 2.24) is 9.88 Å². The molecule has 2 aromatic heterocycles. The lowest BCUT2D eigenvalue weighted by atomic mass is 10.1. The van der Waals surface area contributed by atoms with Crippen LogP contribution in [0.15, 0.2) is 69.7 Å². The highest BCUT2D eigenvalue weighted by Gasteiger charge is 2.35. The third-order valence-corrected chi connectivity index (χ3v) is 5.09. The summed E-state index contributed by atoms with van der Waals surface area (Å²) in [6.07, 6.45) is 3.16. The number of hydrogen-bond donors (Lipinski definition) is 0. The van der Waals surface area contributed by atoms with Crippen LogP contribution in [0.25, 0.3) is 22.2 Å². The van der Waals surface area contributed by atoms with Crippen LogP contribution in [0, 0.1) is 5.82 Å². The van der Waals surface area contributed by atoms with Crippen LogP contribution in [0.3, 0.4) is 0 Å². The summed E-state index contributed by atoms with van der Waals surface area (Å²) in [5, 5.41) is 0. The normalized spacial score (nSPS) is 16.8. The molecule has 0 unspecified atom stereocenters. The Kier molecular flexibility index (Phi) is 3.97. The van der Waals surface area contributed by atoms with Gasteiger partial charge in [-0.2, -0.15) is 0 Å². The van der Waals surface area contributed by atoms with Gasteiger partial charge >= 0.3 is 0 Å². The first-order chi connectivity index (χ1) is 13.7. The van der Waals surface area contributed by atoms with Crippen LogP contribution >= 0.6 is 0 Å². The first-order valence-corrected chi connectivity index (χ1v) is 9.20. The molecule has 5 nitrogen and oxygen atoms in total. The zero-order valence-corrected chi connectivity index (χ0v) is 15.0. The summed E-state index contributed by atoms with van der Waals surface area (Å²) in [5.41, 5.74) is 2.98. The van der Waals surface area contributed by atoms with E-state index >= 15 is 0 Å². The largest absolute Gasteiger partial charge is 0.459 e. The predicted octanol–water partition coefficient (Wildman–Crippen LogP) is 5.20. The van der Waals surface area contributed by atoms with Crippen LogP contribution in [0.2, 0.25) is 0 Å². The summed E-state index contributed by atoms with van der Waals surface area (Å²) in [6.45, 7) is 0.636. The molecule has 2 aromatic carbocycles. The van der Waals surface area contributed by atoms with E-state index in [0.717, 1.165) is 24.0 Å². The Morgan fingerprint density at radius 2 is 2.00 bits per heavy atom. The predicted molar refractivity (Wildman–Crippen MR) is 101 cm³/mol. The van der Waals surface area contributed by atoms with E-state index in [1.165, 1.54) is 18.4 Å². The number of fused-ring (bicyclic) bond motifs is 1. The van der Waals surface area contributed by atoms with Crippen molar-refractivity contribution in [1.29, 1.82) is 0 Å². The van der Waals surface area contributed by atoms with Crippen LogP contribution < -0.4 is 0 Å². The van der Waals surface area contributed by atoms with E-state index in [1.54, 1.807) is 23.1 Å². The molecule has 0 radical (unpaired) electrons. The number of halogens is 1. The number of likely N-dealkylation sites (tertiary alicyclic amines) is 1. The van der Waals surface area contributed by atoms with Crippen LogP contribution in [0.5, 0.6) is 0 Å². The minimum absolute atomic E-state index is 0.157. The lowest BCUT2D eigenvalue weighted by molar-refractivity contribution is 0.0684. The Morgan fingerprint density at radius 1 is 1.11 bits per heavy atom. The second-order valence-electron chi connectivity index (χ2n) is 6.88. The maximum Gasteiger partial charge on any atom is 0.290 e. The van der Waals surface area contributed by atoms with E-state index in [0.29, 0.717) is 29.3 Å². The molecule has 0 aliphatic carbocycles. The summed E-state index contributed by atoms with van der Waals surface area (Å²) >= 11 is 0. The molecular weight excluding hydrogens is 359 g/mol. The Labute approximate surface area is 160 Å². The van der Waals surface area contributed by atoms with E-state index in [1.807, 2.05) is 24.3 Å². The highest BCUT2D eigenvalue weighted by molar-refractivity contribution is 5.92. The number of aromatic nitrogens is 1. The van der Waals surface area contributed by atoms with Crippen LogP contribution in [-0.4, -0.2) is 22.3 Å². The van der Waals surface area contributed by atoms with E-state index in [4.69, 9.17) is 8.83 Å². The summed E-state index contributed by atoms with van der Waals surface area (Å²) in [5.74, 6) is 0.395. The lowest BCUT2D eigenvalue weighted by Gasteiger charge is -2.20. The van der Waals surface area contributed by atoms with E-state index in [-0.39, 0.29) is 17.8 Å². The van der Waals surface area contributed by atoms with Gasteiger partial charge < -0.3 is 13.7 Å². The Balaban J connectivity index is 1.48. The fourth-order valence-corrected chi connectivity index (χ4v) is 3.74. The Bertz CT molecular complexity index is 1150. The molecule has 1 aliphatic heterocycles. The van der Waals surface area contributed by atoms with Crippen LogP contribution in [-0.2, 0) is 0 Å². The second kappa shape index (κ2) is 6.64. The van der Waals surface area contributed by atoms with Gasteiger partial charge in [-0.25, -0.2) is 9.37 Å². The van der Waals surface area contributed by atoms with Gasteiger partial charge in [0.1, 0.15) is 17.4 Å². The number of carbonyl (C=O) groups is 1. The van der Waals surface area contributed by atoms with E-state index in [9.17, 15) is 9.18 Å². The van der Waals surface area contributed by atoms with Crippen molar-refractivity contribution in [3.05, 3.63) is 78.3 Å². The average molecular weight is 376 g/mol. The highest BCUT2D eigenvalue weighted by Crippen LogP contribution is 2.35. The molecule has 0 N–H and O–H groups in total. The lowest BCUT2D eigenvalue weighted by Crippen LogP contribution is -2.30. The third kappa shape index (κ3) is 2.87. The number of hydrogen-bond acceptors (Lipinski definition) is 4. The molecule has 5 rings (SSSR count). The van der Waals surface area contributed by atoms with Gasteiger partial charge in [-0.3, -0.25) is 4.79 Å². The van der Waals surface area contributed by atoms with Gasteiger partial charge in [-0.1, -0.05) is 18.2 Å². The first-order valence-electron chi connectivity index (χ1n) is 9.20. The van der Waals surface area contributed by atoms with Crippen molar-refractivity contribution in [2.75, 3.05) is 6.54 Å². The quantitative estimate of drug-likeness (QED) is 0.493. The van der Waals surface area contributed by atoms with Crippen molar-refractivity contribution < 1.29 is 18.0 Å². The van der Waals surface area contributed by atoms with E-state index < -0.39 is 0 Å². The standard InChI is InChI=1S/C22H17FN2O3/c23-16-5-1-4-14(12-16)15-8-9-19-17(13-15)24-21(28-19)18-6-2-10-25(18)22(26)20-7-3-11-27-20/h1,3-5,7-9,11-13,18H,2,6,10H2/t18-/m0/s1. The molecule has 3 heterocycles. The maximum absolute atomic E-state index is 13.5. The zero-order chi connectivity index (χ0) is 19.1. The molecule has 0 saturated carbocycles. The molecule has 1 atom stereocenters. The summed E-state index contributed by atoms with van der Waals surface area (Å²) in [4.78, 5) is 19.1. The first kappa shape index (κ1) is 16.7. The SMILES string of the molecule is O=C(c1ccco1)N1CCC[C@H]1c1nc2cc(-c3cccc(F)c3)ccc2o1. The highest BCUT2D eigenvalue weighted by atomic mass is 19.1. The van der Waals surface area contributed by atoms with Crippen LogP contribution in [0.4, 0.5) is 4.39 Å². The molecule has 28 heavy (non-hydrogen) atoms. The molecule has 4 aromatic rings. The van der Waals surface area contributed by atoms with Crippen LogP contribution in [0.1, 0.15) is 35.3 Å². The fourth-order valence-electron chi connectivity index (χ4n) is 3.74. The van der Waals surface area contributed by atoms with Gasteiger partial charge in [0.2, 0.25) is 5.89 Å². The Morgan fingerprint density at radius 3 is 2.82 bits per heavy atom. The molecular formula is C22H17FN2O3. The molecule has 0 bridgehead atoms. The minimum Gasteiger partial charge on any atom is -0.459 e. The Hall–Kier alpha value is -3.41. The average Bonchev–Trinajstić information content (AvgIpc) is 3.46. The van der Waals surface area contributed by atoms with Crippen molar-refractivity contribution in [2.45, 2.75) is 18.9 Å². The molecule has 1 saturated heterocycles. The molecule has 0 spiro atoms. The number of carbonyl (C=O) groups excluding carboxylic acids is 1. The molecule has 1 fully saturated rings. The number of furan rings is 1. The zero-order valence-electron chi connectivity index (χ0n) is 15.0. The molecule has 1 aliphatic rings. The summed E-state index contributed by atoms with van der Waals surface area (Å²) in [7, 11) is 0. The maximum atomic E-state index is 13.5. The second-order valence-corrected chi connectivity index (χ2v) is 6.88. The summed E-state index contributed by atoms with van der Waals surface area (Å²) in [6, 6.07) is 15.2. The molecule has 140 valence electrons. The van der Waals surface area contributed by atoms with Gasteiger partial charge in [0, 0.05) is 6.54 Å². The van der Waals surface area contributed by atoms with E-state index in [2.05, 4.69) is 4.98 Å².